The molecule has 0 aromatic heterocycles. The fourth-order valence-corrected chi connectivity index (χ4v) is 3.94. The van der Waals surface area contributed by atoms with Crippen LogP contribution in [0.2, 0.25) is 0 Å². The molecule has 0 atom stereocenters. The number of nitrogens with one attached hydrogen (secondary N) is 1. The SMILES string of the molecule is COc1cccc(CN(C)CCN(C)/C(=C/c2cc(C(C)(C)C)cc(C(C)(C)C)c2O)C(=O)NN)c1. The van der Waals surface area contributed by atoms with Crippen LogP contribution in [0.1, 0.15) is 63.8 Å². The molecule has 0 saturated carbocycles. The highest BCUT2D eigenvalue weighted by atomic mass is 16.5. The van der Waals surface area contributed by atoms with Crippen molar-refractivity contribution in [2.75, 3.05) is 34.3 Å². The molecule has 2 rings (SSSR count). The number of likely N-dealkylation sites (N-methyl/N-ethyl adjacent to an activating group) is 2. The van der Waals surface area contributed by atoms with Crippen molar-refractivity contribution >= 4 is 12.0 Å². The molecule has 0 heterocycles. The first-order chi connectivity index (χ1) is 16.7. The molecule has 0 saturated heterocycles. The number of ether oxygens (including phenoxy) is 1. The molecule has 2 aromatic carbocycles. The maximum atomic E-state index is 12.8. The second-order valence-electron chi connectivity index (χ2n) is 11.5. The van der Waals surface area contributed by atoms with Gasteiger partial charge in [-0.1, -0.05) is 59.7 Å². The first-order valence-electron chi connectivity index (χ1n) is 12.3. The largest absolute Gasteiger partial charge is 0.507 e. The fraction of sp³-hybridized carbons (Fsp3) is 0.483. The van der Waals surface area contributed by atoms with Crippen LogP contribution < -0.4 is 16.0 Å². The van der Waals surface area contributed by atoms with Gasteiger partial charge in [0.25, 0.3) is 5.91 Å². The van der Waals surface area contributed by atoms with Crippen molar-refractivity contribution < 1.29 is 14.6 Å². The third-order valence-electron chi connectivity index (χ3n) is 6.28. The van der Waals surface area contributed by atoms with Gasteiger partial charge in [-0.25, -0.2) is 5.84 Å². The van der Waals surface area contributed by atoms with Crippen LogP contribution in [0, 0.1) is 0 Å². The number of benzene rings is 2. The second-order valence-corrected chi connectivity index (χ2v) is 11.5. The summed E-state index contributed by atoms with van der Waals surface area (Å²) in [5.74, 6) is 6.13. The van der Waals surface area contributed by atoms with Crippen LogP contribution in [0.15, 0.2) is 42.1 Å². The van der Waals surface area contributed by atoms with E-state index in [1.165, 1.54) is 0 Å². The summed E-state index contributed by atoms with van der Waals surface area (Å²) in [5.41, 5.74) is 5.93. The molecular weight excluding hydrogens is 452 g/mol. The van der Waals surface area contributed by atoms with Crippen LogP contribution in [0.5, 0.6) is 11.5 Å². The summed E-state index contributed by atoms with van der Waals surface area (Å²) in [7, 11) is 5.55. The molecule has 0 radical (unpaired) electrons. The van der Waals surface area contributed by atoms with E-state index in [4.69, 9.17) is 10.6 Å². The Morgan fingerprint density at radius 2 is 1.72 bits per heavy atom. The van der Waals surface area contributed by atoms with Gasteiger partial charge in [0, 0.05) is 37.8 Å². The summed E-state index contributed by atoms with van der Waals surface area (Å²) in [6, 6.07) is 12.0. The van der Waals surface area contributed by atoms with Crippen molar-refractivity contribution in [3.8, 4) is 11.5 Å². The Bertz CT molecular complexity index is 1080. The Kier molecular flexibility index (Phi) is 9.57. The molecule has 198 valence electrons. The Labute approximate surface area is 216 Å². The highest BCUT2D eigenvalue weighted by molar-refractivity contribution is 5.97. The van der Waals surface area contributed by atoms with Gasteiger partial charge in [0.2, 0.25) is 0 Å². The minimum atomic E-state index is -0.411. The zero-order valence-corrected chi connectivity index (χ0v) is 23.4. The molecule has 0 bridgehead atoms. The lowest BCUT2D eigenvalue weighted by atomic mass is 9.79. The van der Waals surface area contributed by atoms with Crippen molar-refractivity contribution in [3.05, 3.63) is 64.3 Å². The van der Waals surface area contributed by atoms with Crippen LogP contribution in [0.3, 0.4) is 0 Å². The molecule has 0 aliphatic heterocycles. The molecule has 0 unspecified atom stereocenters. The molecular formula is C29H44N4O3. The van der Waals surface area contributed by atoms with Crippen molar-refractivity contribution in [2.24, 2.45) is 5.84 Å². The molecule has 0 aliphatic rings. The van der Waals surface area contributed by atoms with Crippen LogP contribution in [0.25, 0.3) is 6.08 Å². The lowest BCUT2D eigenvalue weighted by molar-refractivity contribution is -0.118. The smallest absolute Gasteiger partial charge is 0.281 e. The Hall–Kier alpha value is -3.03. The second kappa shape index (κ2) is 11.8. The molecule has 0 aliphatic carbocycles. The number of methoxy groups -OCH3 is 1. The van der Waals surface area contributed by atoms with E-state index in [0.717, 1.165) is 29.0 Å². The highest BCUT2D eigenvalue weighted by Gasteiger charge is 2.25. The first-order valence-corrected chi connectivity index (χ1v) is 12.3. The van der Waals surface area contributed by atoms with Gasteiger partial charge < -0.3 is 19.6 Å². The average Bonchev–Trinajstić information content (AvgIpc) is 2.79. The van der Waals surface area contributed by atoms with E-state index in [0.29, 0.717) is 24.4 Å². The topological polar surface area (TPSA) is 91.1 Å². The third-order valence-corrected chi connectivity index (χ3v) is 6.28. The maximum absolute atomic E-state index is 12.8. The Balaban J connectivity index is 2.34. The van der Waals surface area contributed by atoms with E-state index >= 15 is 0 Å². The first kappa shape index (κ1) is 29.2. The Morgan fingerprint density at radius 3 is 2.28 bits per heavy atom. The summed E-state index contributed by atoms with van der Waals surface area (Å²) < 4.78 is 5.32. The molecule has 2 aromatic rings. The standard InChI is InChI=1S/C29H44N4O3/c1-28(2,3)22-16-21(26(34)24(18-22)29(4,5)6)17-25(27(35)31-30)33(8)14-13-32(7)19-20-11-10-12-23(15-20)36-9/h10-12,15-18,34H,13-14,19,30H2,1-9H3,(H,31,35)/b25-17+. The molecule has 7 heteroatoms. The molecule has 0 spiro atoms. The average molecular weight is 497 g/mol. The number of aromatic hydroxyl groups is 1. The number of carbonyl (C=O) groups excluding carboxylic acids is 1. The summed E-state index contributed by atoms with van der Waals surface area (Å²) in [5, 5.41) is 11.2. The highest BCUT2D eigenvalue weighted by Crippen LogP contribution is 2.38. The van der Waals surface area contributed by atoms with Gasteiger partial charge in [0.05, 0.1) is 7.11 Å². The summed E-state index contributed by atoms with van der Waals surface area (Å²) in [6.07, 6.45) is 1.73. The number of hydrogen-bond acceptors (Lipinski definition) is 6. The van der Waals surface area contributed by atoms with E-state index < -0.39 is 5.91 Å². The van der Waals surface area contributed by atoms with Gasteiger partial charge in [-0.15, -0.1) is 0 Å². The van der Waals surface area contributed by atoms with Crippen LogP contribution in [-0.4, -0.2) is 55.1 Å². The number of amides is 1. The number of hydrazine groups is 1. The van der Waals surface area contributed by atoms with Gasteiger partial charge in [0.1, 0.15) is 17.2 Å². The monoisotopic (exact) mass is 496 g/mol. The van der Waals surface area contributed by atoms with Gasteiger partial charge in [0.15, 0.2) is 0 Å². The minimum absolute atomic E-state index is 0.124. The summed E-state index contributed by atoms with van der Waals surface area (Å²) in [4.78, 5) is 16.8. The van der Waals surface area contributed by atoms with Crippen molar-refractivity contribution in [3.63, 3.8) is 0 Å². The Morgan fingerprint density at radius 1 is 1.06 bits per heavy atom. The van der Waals surface area contributed by atoms with Gasteiger partial charge >= 0.3 is 0 Å². The molecule has 0 fully saturated rings. The van der Waals surface area contributed by atoms with E-state index in [-0.39, 0.29) is 16.6 Å². The fourth-order valence-electron chi connectivity index (χ4n) is 3.94. The number of rotatable bonds is 9. The van der Waals surface area contributed by atoms with Crippen LogP contribution in [-0.2, 0) is 22.2 Å². The van der Waals surface area contributed by atoms with E-state index in [2.05, 4.69) is 64.0 Å². The lowest BCUT2D eigenvalue weighted by Crippen LogP contribution is -2.39. The normalized spacial score (nSPS) is 12.6. The van der Waals surface area contributed by atoms with Crippen molar-refractivity contribution in [1.82, 2.24) is 15.2 Å². The van der Waals surface area contributed by atoms with Crippen LogP contribution >= 0.6 is 0 Å². The number of hydrogen-bond donors (Lipinski definition) is 3. The zero-order chi connectivity index (χ0) is 27.3. The van der Waals surface area contributed by atoms with Crippen molar-refractivity contribution in [1.29, 1.82) is 0 Å². The summed E-state index contributed by atoms with van der Waals surface area (Å²) >= 11 is 0. The predicted octanol–water partition coefficient (Wildman–Crippen LogP) is 4.39. The predicted molar refractivity (Wildman–Crippen MR) is 148 cm³/mol. The van der Waals surface area contributed by atoms with E-state index in [1.807, 2.05) is 43.3 Å². The molecule has 1 amide bonds. The minimum Gasteiger partial charge on any atom is -0.507 e. The number of nitrogens with zero attached hydrogens (tertiary/aromatic N) is 2. The molecule has 36 heavy (non-hydrogen) atoms. The number of phenols is 1. The van der Waals surface area contributed by atoms with Gasteiger partial charge in [-0.3, -0.25) is 10.2 Å². The third kappa shape index (κ3) is 7.73. The van der Waals surface area contributed by atoms with Crippen molar-refractivity contribution in [2.45, 2.75) is 58.9 Å². The number of nitrogens with two attached hydrogens (primary N) is 1. The van der Waals surface area contributed by atoms with Gasteiger partial charge in [-0.2, -0.15) is 0 Å². The van der Waals surface area contributed by atoms with E-state index in [1.54, 1.807) is 13.2 Å². The lowest BCUT2D eigenvalue weighted by Gasteiger charge is -2.28. The summed E-state index contributed by atoms with van der Waals surface area (Å²) in [6.45, 7) is 14.7. The number of phenolic OH excluding ortho intramolecular Hbond substituents is 1. The van der Waals surface area contributed by atoms with E-state index in [9.17, 15) is 9.90 Å². The van der Waals surface area contributed by atoms with Gasteiger partial charge in [-0.05, 0) is 53.3 Å². The maximum Gasteiger partial charge on any atom is 0.281 e. The number of carbonyl (C=O) groups is 1. The van der Waals surface area contributed by atoms with Crippen LogP contribution in [0.4, 0.5) is 0 Å². The molecule has 4 N–H and O–H groups in total. The molecule has 7 nitrogen and oxygen atoms in total. The zero-order valence-electron chi connectivity index (χ0n) is 23.4. The quantitative estimate of drug-likeness (QED) is 0.206.